The van der Waals surface area contributed by atoms with Gasteiger partial charge in [-0.25, -0.2) is 9.98 Å². The zero-order chi connectivity index (χ0) is 30.8. The maximum absolute atomic E-state index is 5.16. The number of anilines is 5. The molecular formula is C38H35N7. The molecule has 3 aliphatic rings. The van der Waals surface area contributed by atoms with Gasteiger partial charge < -0.3 is 15.5 Å². The van der Waals surface area contributed by atoms with E-state index in [-0.39, 0.29) is 0 Å². The maximum atomic E-state index is 5.16. The molecule has 222 valence electrons. The van der Waals surface area contributed by atoms with Crippen molar-refractivity contribution >= 4 is 45.9 Å². The first-order valence-electron chi connectivity index (χ1n) is 15.3. The summed E-state index contributed by atoms with van der Waals surface area (Å²) in [6, 6.07) is 33.4. The van der Waals surface area contributed by atoms with Crippen molar-refractivity contribution in [2.75, 3.05) is 29.6 Å². The molecule has 45 heavy (non-hydrogen) atoms. The Morgan fingerprint density at radius 1 is 0.733 bits per heavy atom. The molecule has 7 nitrogen and oxygen atoms in total. The molecule has 0 unspecified atom stereocenters. The molecule has 0 fully saturated rings. The number of amidine groups is 1. The van der Waals surface area contributed by atoms with Gasteiger partial charge in [-0.15, -0.1) is 0 Å². The van der Waals surface area contributed by atoms with Gasteiger partial charge in [0.05, 0.1) is 17.1 Å². The number of allylic oxidation sites excluding steroid dienone is 4. The van der Waals surface area contributed by atoms with Gasteiger partial charge in [-0.3, -0.25) is 4.90 Å². The van der Waals surface area contributed by atoms with Crippen LogP contribution in [0, 0.1) is 0 Å². The largest absolute Gasteiger partial charge is 0.378 e. The van der Waals surface area contributed by atoms with Crippen molar-refractivity contribution in [3.05, 3.63) is 150 Å². The van der Waals surface area contributed by atoms with Crippen LogP contribution < -0.4 is 15.5 Å². The Labute approximate surface area is 264 Å². The number of nitrogens with zero attached hydrogens (tertiary/aromatic N) is 5. The lowest BCUT2D eigenvalue weighted by atomic mass is 10.0. The summed E-state index contributed by atoms with van der Waals surface area (Å²) in [6.45, 7) is 2.20. The number of rotatable bonds is 9. The van der Waals surface area contributed by atoms with Crippen LogP contribution in [0.3, 0.4) is 0 Å². The summed E-state index contributed by atoms with van der Waals surface area (Å²) >= 11 is 0. The van der Waals surface area contributed by atoms with Crippen molar-refractivity contribution in [1.29, 1.82) is 0 Å². The van der Waals surface area contributed by atoms with Gasteiger partial charge in [0.25, 0.3) is 0 Å². The molecule has 4 aromatic rings. The Balaban J connectivity index is 1.32. The van der Waals surface area contributed by atoms with Crippen molar-refractivity contribution < 1.29 is 0 Å². The van der Waals surface area contributed by atoms with Crippen LogP contribution in [0.25, 0.3) is 0 Å². The predicted octanol–water partition coefficient (Wildman–Crippen LogP) is 8.41. The van der Waals surface area contributed by atoms with Gasteiger partial charge >= 0.3 is 0 Å². The van der Waals surface area contributed by atoms with E-state index in [1.54, 1.807) is 0 Å². The molecular weight excluding hydrogens is 554 g/mol. The van der Waals surface area contributed by atoms with E-state index >= 15 is 0 Å². The van der Waals surface area contributed by atoms with E-state index in [2.05, 4.69) is 95.3 Å². The van der Waals surface area contributed by atoms with Crippen LogP contribution >= 0.6 is 0 Å². The fourth-order valence-corrected chi connectivity index (χ4v) is 5.65. The Morgan fingerprint density at radius 2 is 1.42 bits per heavy atom. The van der Waals surface area contributed by atoms with Gasteiger partial charge in [-0.2, -0.15) is 4.99 Å². The minimum absolute atomic E-state index is 0.591. The van der Waals surface area contributed by atoms with E-state index in [9.17, 15) is 0 Å². The zero-order valence-electron chi connectivity index (χ0n) is 25.7. The topological polar surface area (TPSA) is 67.6 Å². The SMILES string of the molecule is CCCc1ccc(C2=NC3=CC=CC4=CC(c5ccc(N(C)C)cc5Nc5ccccc5)=NC(=N2)N43)c(Nc2ccccc2)c1. The van der Waals surface area contributed by atoms with Crippen LogP contribution in [0.4, 0.5) is 28.4 Å². The third kappa shape index (κ3) is 5.80. The Hall–Kier alpha value is -5.69. The number of aliphatic imine (C=N–C) groups is 3. The third-order valence-electron chi connectivity index (χ3n) is 7.90. The summed E-state index contributed by atoms with van der Waals surface area (Å²) < 4.78 is 0. The minimum atomic E-state index is 0.591. The second kappa shape index (κ2) is 12.1. The zero-order valence-corrected chi connectivity index (χ0v) is 25.7. The molecule has 0 saturated carbocycles. The fraction of sp³-hybridized carbons (Fsp3) is 0.132. The van der Waals surface area contributed by atoms with Gasteiger partial charge in [-0.05, 0) is 84.8 Å². The van der Waals surface area contributed by atoms with E-state index in [1.165, 1.54) is 5.56 Å². The summed E-state index contributed by atoms with van der Waals surface area (Å²) in [5, 5.41) is 7.24. The predicted molar refractivity (Wildman–Crippen MR) is 188 cm³/mol. The average Bonchev–Trinajstić information content (AvgIpc) is 3.06. The Kier molecular flexibility index (Phi) is 7.57. The molecule has 3 aliphatic heterocycles. The average molecular weight is 590 g/mol. The van der Waals surface area contributed by atoms with E-state index < -0.39 is 0 Å². The molecule has 3 heterocycles. The lowest BCUT2D eigenvalue weighted by Gasteiger charge is -2.33. The van der Waals surface area contributed by atoms with Gasteiger partial charge in [0, 0.05) is 48.0 Å². The molecule has 7 heteroatoms. The normalized spacial score (nSPS) is 14.8. The molecule has 0 amide bonds. The molecule has 0 saturated heterocycles. The number of hydrogen-bond acceptors (Lipinski definition) is 7. The molecule has 0 bridgehead atoms. The van der Waals surface area contributed by atoms with Crippen LogP contribution in [-0.4, -0.2) is 36.5 Å². The smallest absolute Gasteiger partial charge is 0.238 e. The second-order valence-corrected chi connectivity index (χ2v) is 11.4. The Morgan fingerprint density at radius 3 is 2.11 bits per heavy atom. The lowest BCUT2D eigenvalue weighted by molar-refractivity contribution is 0.617. The van der Waals surface area contributed by atoms with Crippen LogP contribution in [0.1, 0.15) is 30.0 Å². The summed E-state index contributed by atoms with van der Waals surface area (Å²) in [6.07, 6.45) is 10.3. The monoisotopic (exact) mass is 589 g/mol. The van der Waals surface area contributed by atoms with Gasteiger partial charge in [-0.1, -0.05) is 61.9 Å². The molecule has 0 aromatic heterocycles. The van der Waals surface area contributed by atoms with E-state index in [0.717, 1.165) is 69.6 Å². The number of hydrogen-bond donors (Lipinski definition) is 2. The lowest BCUT2D eigenvalue weighted by Crippen LogP contribution is -2.36. The summed E-state index contributed by atoms with van der Waals surface area (Å²) in [4.78, 5) is 19.4. The number of para-hydroxylation sites is 2. The van der Waals surface area contributed by atoms with Crippen LogP contribution in [0.5, 0.6) is 0 Å². The number of nitrogens with one attached hydrogen (secondary N) is 2. The highest BCUT2D eigenvalue weighted by Crippen LogP contribution is 2.34. The maximum Gasteiger partial charge on any atom is 0.238 e. The molecule has 0 aliphatic carbocycles. The molecule has 2 N–H and O–H groups in total. The first-order chi connectivity index (χ1) is 22.1. The number of aryl methyl sites for hydroxylation is 1. The van der Waals surface area contributed by atoms with Crippen LogP contribution in [0.15, 0.2) is 148 Å². The van der Waals surface area contributed by atoms with Crippen molar-refractivity contribution in [3.63, 3.8) is 0 Å². The molecule has 0 radical (unpaired) electrons. The van der Waals surface area contributed by atoms with Gasteiger partial charge in [0.2, 0.25) is 5.96 Å². The highest BCUT2D eigenvalue weighted by molar-refractivity contribution is 6.22. The standard InChI is InChI=1S/C38H35N7/c1-4-12-26-19-21-32(33(23-26)39-27-13-7-5-8-14-27)37-42-36-18-11-17-30-25-35(41-38(43-37)45(30)36)31-22-20-29(44(2)3)24-34(31)40-28-15-9-6-10-16-28/h5-11,13-25,39-40H,4,12H2,1-3H3. The minimum Gasteiger partial charge on any atom is -0.378 e. The summed E-state index contributed by atoms with van der Waals surface area (Å²) in [5.74, 6) is 2.01. The van der Waals surface area contributed by atoms with Gasteiger partial charge in [0.1, 0.15) is 5.82 Å². The third-order valence-corrected chi connectivity index (χ3v) is 7.90. The summed E-state index contributed by atoms with van der Waals surface area (Å²) in [7, 11) is 4.10. The summed E-state index contributed by atoms with van der Waals surface area (Å²) in [5.41, 5.74) is 10.1. The highest BCUT2D eigenvalue weighted by atomic mass is 15.4. The Bertz CT molecular complexity index is 1930. The molecule has 7 rings (SSSR count). The van der Waals surface area contributed by atoms with E-state index in [4.69, 9.17) is 15.0 Å². The highest BCUT2D eigenvalue weighted by Gasteiger charge is 2.31. The molecule has 4 aromatic carbocycles. The quantitative estimate of drug-likeness (QED) is 0.206. The first kappa shape index (κ1) is 28.1. The van der Waals surface area contributed by atoms with Gasteiger partial charge in [0.15, 0.2) is 5.84 Å². The molecule has 0 atom stereocenters. The van der Waals surface area contributed by atoms with E-state index in [0.29, 0.717) is 11.8 Å². The van der Waals surface area contributed by atoms with Crippen LogP contribution in [-0.2, 0) is 6.42 Å². The second-order valence-electron chi connectivity index (χ2n) is 11.4. The van der Waals surface area contributed by atoms with E-state index in [1.807, 2.05) is 67.5 Å². The number of guanidine groups is 1. The van der Waals surface area contributed by atoms with Crippen molar-refractivity contribution in [3.8, 4) is 0 Å². The van der Waals surface area contributed by atoms with Crippen molar-refractivity contribution in [1.82, 2.24) is 4.90 Å². The fourth-order valence-electron chi connectivity index (χ4n) is 5.65. The molecule has 0 spiro atoms. The first-order valence-corrected chi connectivity index (χ1v) is 15.3. The van der Waals surface area contributed by atoms with Crippen molar-refractivity contribution in [2.24, 2.45) is 15.0 Å². The number of benzene rings is 4. The van der Waals surface area contributed by atoms with Crippen molar-refractivity contribution in [2.45, 2.75) is 19.8 Å². The van der Waals surface area contributed by atoms with Crippen LogP contribution in [0.2, 0.25) is 0 Å².